The van der Waals surface area contributed by atoms with E-state index >= 15 is 0 Å². The lowest BCUT2D eigenvalue weighted by molar-refractivity contribution is 0.137. The molecule has 0 radical (unpaired) electrons. The minimum absolute atomic E-state index is 0.187. The number of halogens is 5. The third kappa shape index (κ3) is 3.65. The first-order valence-corrected chi connectivity index (χ1v) is 12.0. The second-order valence-electron chi connectivity index (χ2n) is 8.04. The zero-order chi connectivity index (χ0) is 21.9. The van der Waals surface area contributed by atoms with Crippen molar-refractivity contribution in [2.45, 2.75) is 41.4 Å². The van der Waals surface area contributed by atoms with Gasteiger partial charge in [0.1, 0.15) is 0 Å². The summed E-state index contributed by atoms with van der Waals surface area (Å²) in [4.78, 5) is -0.395. The fourth-order valence-corrected chi connectivity index (χ4v) is 5.78. The maximum absolute atomic E-state index is 12.8. The summed E-state index contributed by atoms with van der Waals surface area (Å²) in [5.74, 6) is -3.71. The van der Waals surface area contributed by atoms with Crippen LogP contribution in [0.3, 0.4) is 0 Å². The SMILES string of the molecule is COC1(Cl)C=CC(C2=C(c3ccc(S(=O)(=O)C(F)F)cc3)CC3(CC3)C2)C(Cl)=C1Cl. The van der Waals surface area contributed by atoms with Gasteiger partial charge in [-0.15, -0.1) is 0 Å². The van der Waals surface area contributed by atoms with Crippen LogP contribution in [0.25, 0.3) is 5.57 Å². The average Bonchev–Trinajstić information content (AvgIpc) is 3.37. The Balaban J connectivity index is 1.74. The van der Waals surface area contributed by atoms with E-state index in [1.54, 1.807) is 18.2 Å². The van der Waals surface area contributed by atoms with Crippen molar-refractivity contribution in [2.24, 2.45) is 11.3 Å². The van der Waals surface area contributed by atoms with E-state index < -0.39 is 25.6 Å². The van der Waals surface area contributed by atoms with Crippen LogP contribution in [-0.2, 0) is 14.6 Å². The highest BCUT2D eigenvalue weighted by atomic mass is 35.5. The predicted molar refractivity (Wildman–Crippen MR) is 114 cm³/mol. The van der Waals surface area contributed by atoms with Crippen LogP contribution in [0.5, 0.6) is 0 Å². The first-order chi connectivity index (χ1) is 14.0. The van der Waals surface area contributed by atoms with Crippen LogP contribution in [0.1, 0.15) is 31.2 Å². The lowest BCUT2D eigenvalue weighted by atomic mass is 9.88. The molecule has 0 saturated heterocycles. The number of allylic oxidation sites excluding steroid dienone is 4. The molecule has 9 heteroatoms. The Morgan fingerprint density at radius 1 is 1.13 bits per heavy atom. The van der Waals surface area contributed by atoms with Crippen LogP contribution >= 0.6 is 34.8 Å². The quantitative estimate of drug-likeness (QED) is 0.347. The van der Waals surface area contributed by atoms with Crippen molar-refractivity contribution in [1.82, 2.24) is 0 Å². The second-order valence-corrected chi connectivity index (χ2v) is 11.3. The minimum Gasteiger partial charge on any atom is -0.354 e. The largest absolute Gasteiger partial charge is 0.354 e. The van der Waals surface area contributed by atoms with E-state index in [-0.39, 0.29) is 16.4 Å². The van der Waals surface area contributed by atoms with E-state index in [0.29, 0.717) is 5.03 Å². The van der Waals surface area contributed by atoms with Crippen molar-refractivity contribution in [3.63, 3.8) is 0 Å². The van der Waals surface area contributed by atoms with Gasteiger partial charge in [0.25, 0.3) is 0 Å². The van der Waals surface area contributed by atoms with Crippen LogP contribution in [0.4, 0.5) is 8.78 Å². The molecule has 0 bridgehead atoms. The molecule has 0 aliphatic heterocycles. The van der Waals surface area contributed by atoms with Gasteiger partial charge >= 0.3 is 5.76 Å². The van der Waals surface area contributed by atoms with Crippen LogP contribution in [-0.4, -0.2) is 26.3 Å². The fourth-order valence-electron chi connectivity index (χ4n) is 4.23. The predicted octanol–water partition coefficient (Wildman–Crippen LogP) is 6.47. The van der Waals surface area contributed by atoms with Gasteiger partial charge in [0.2, 0.25) is 9.84 Å². The van der Waals surface area contributed by atoms with E-state index in [0.717, 1.165) is 42.4 Å². The third-order valence-electron chi connectivity index (χ3n) is 6.19. The molecule has 3 aliphatic carbocycles. The number of ether oxygens (including phenoxy) is 1. The van der Waals surface area contributed by atoms with Crippen molar-refractivity contribution in [3.8, 4) is 0 Å². The summed E-state index contributed by atoms with van der Waals surface area (Å²) in [5, 5.41) is -0.697. The van der Waals surface area contributed by atoms with Crippen molar-refractivity contribution < 1.29 is 21.9 Å². The molecule has 162 valence electrons. The Kier molecular flexibility index (Phi) is 5.64. The standard InChI is InChI=1S/C21H19Cl3F2O3S/c1-29-21(24)7-6-14(17(22)18(21)23)16-11-20(8-9-20)10-15(16)12-2-4-13(5-3-12)30(27,28)19(25)26/h2-7,14,19H,8-11H2,1H3. The van der Waals surface area contributed by atoms with Crippen molar-refractivity contribution in [3.05, 3.63) is 57.6 Å². The molecule has 0 heterocycles. The number of sulfone groups is 1. The molecule has 2 atom stereocenters. The highest BCUT2D eigenvalue weighted by molar-refractivity contribution is 7.91. The number of hydrogen-bond acceptors (Lipinski definition) is 3. The molecule has 1 aromatic rings. The summed E-state index contributed by atoms with van der Waals surface area (Å²) in [6, 6.07) is 5.63. The van der Waals surface area contributed by atoms with Gasteiger partial charge in [-0.2, -0.15) is 8.78 Å². The van der Waals surface area contributed by atoms with Crippen molar-refractivity contribution >= 4 is 50.2 Å². The van der Waals surface area contributed by atoms with E-state index in [1.807, 2.05) is 6.08 Å². The summed E-state index contributed by atoms with van der Waals surface area (Å²) >= 11 is 19.4. The van der Waals surface area contributed by atoms with Crippen molar-refractivity contribution in [1.29, 1.82) is 0 Å². The summed E-state index contributed by atoms with van der Waals surface area (Å²) in [6.07, 6.45) is 7.41. The molecule has 0 aromatic heterocycles. The summed E-state index contributed by atoms with van der Waals surface area (Å²) < 4.78 is 54.4. The molecule has 2 unspecified atom stereocenters. The average molecular weight is 496 g/mol. The van der Waals surface area contributed by atoms with E-state index in [2.05, 4.69) is 0 Å². The third-order valence-corrected chi connectivity index (χ3v) is 9.15. The number of methoxy groups -OCH3 is 1. The van der Waals surface area contributed by atoms with E-state index in [9.17, 15) is 17.2 Å². The molecule has 3 aliphatic rings. The Labute approximate surface area is 189 Å². The van der Waals surface area contributed by atoms with Gasteiger partial charge in [0.15, 0.2) is 5.06 Å². The molecule has 1 fully saturated rings. The molecule has 3 nitrogen and oxygen atoms in total. The highest BCUT2D eigenvalue weighted by Gasteiger charge is 2.50. The molecule has 0 amide bonds. The van der Waals surface area contributed by atoms with Gasteiger partial charge < -0.3 is 4.74 Å². The first-order valence-electron chi connectivity index (χ1n) is 9.36. The lowest BCUT2D eigenvalue weighted by Gasteiger charge is -2.30. The molecule has 0 N–H and O–H groups in total. The Morgan fingerprint density at radius 3 is 2.30 bits per heavy atom. The second kappa shape index (κ2) is 7.59. The summed E-state index contributed by atoms with van der Waals surface area (Å²) in [7, 11) is -3.19. The smallest absolute Gasteiger partial charge is 0.341 e. The Bertz CT molecular complexity index is 1070. The molecule has 1 saturated carbocycles. The number of alkyl halides is 3. The topological polar surface area (TPSA) is 43.4 Å². The molecule has 1 aromatic carbocycles. The number of rotatable bonds is 5. The molecule has 30 heavy (non-hydrogen) atoms. The Morgan fingerprint density at radius 2 is 1.77 bits per heavy atom. The summed E-state index contributed by atoms with van der Waals surface area (Å²) in [5.41, 5.74) is 3.12. The number of benzene rings is 1. The zero-order valence-corrected chi connectivity index (χ0v) is 19.1. The van der Waals surface area contributed by atoms with Crippen molar-refractivity contribution in [2.75, 3.05) is 7.11 Å². The molecular formula is C21H19Cl3F2O3S. The maximum atomic E-state index is 12.8. The van der Waals surface area contributed by atoms with Crippen LogP contribution in [0.15, 0.2) is 57.0 Å². The monoisotopic (exact) mass is 494 g/mol. The van der Waals surface area contributed by atoms with Gasteiger partial charge in [-0.05, 0) is 60.4 Å². The van der Waals surface area contributed by atoms with Crippen LogP contribution in [0.2, 0.25) is 0 Å². The molecule has 4 rings (SSSR count). The zero-order valence-electron chi connectivity index (χ0n) is 16.0. The van der Waals surface area contributed by atoms with Gasteiger partial charge in [0, 0.05) is 18.1 Å². The van der Waals surface area contributed by atoms with E-state index in [4.69, 9.17) is 39.5 Å². The molecular weight excluding hydrogens is 477 g/mol. The van der Waals surface area contributed by atoms with E-state index in [1.165, 1.54) is 19.2 Å². The fraction of sp³-hybridized carbons (Fsp3) is 0.429. The van der Waals surface area contributed by atoms with Gasteiger partial charge in [-0.25, -0.2) is 8.42 Å². The minimum atomic E-state index is -4.63. The van der Waals surface area contributed by atoms with Gasteiger partial charge in [-0.3, -0.25) is 0 Å². The van der Waals surface area contributed by atoms with Crippen LogP contribution < -0.4 is 0 Å². The Hall–Kier alpha value is -0.920. The van der Waals surface area contributed by atoms with Gasteiger partial charge in [-0.1, -0.05) is 58.6 Å². The number of hydrogen-bond donors (Lipinski definition) is 0. The first kappa shape index (κ1) is 22.3. The summed E-state index contributed by atoms with van der Waals surface area (Å²) in [6.45, 7) is 0. The van der Waals surface area contributed by atoms with Gasteiger partial charge in [0.05, 0.1) is 9.93 Å². The normalized spacial score (nSPS) is 28.2. The maximum Gasteiger partial charge on any atom is 0.341 e. The molecule has 1 spiro atoms. The highest BCUT2D eigenvalue weighted by Crippen LogP contribution is 2.64. The lowest BCUT2D eigenvalue weighted by Crippen LogP contribution is -2.27. The van der Waals surface area contributed by atoms with Crippen LogP contribution in [0, 0.1) is 11.3 Å².